The van der Waals surface area contributed by atoms with Gasteiger partial charge in [-0.15, -0.1) is 0 Å². The van der Waals surface area contributed by atoms with Crippen LogP contribution < -0.4 is 0 Å². The minimum Gasteiger partial charge on any atom is -0.480 e. The lowest BCUT2D eigenvalue weighted by Gasteiger charge is -2.35. The van der Waals surface area contributed by atoms with Gasteiger partial charge < -0.3 is 10.2 Å². The smallest absolute Gasteiger partial charge is 0.317 e. The molecule has 0 atom stereocenters. The summed E-state index contributed by atoms with van der Waals surface area (Å²) in [6.45, 7) is 9.98. The van der Waals surface area contributed by atoms with E-state index in [1.807, 2.05) is 25.7 Å². The Balaban J connectivity index is 4.33. The van der Waals surface area contributed by atoms with Gasteiger partial charge in [0.05, 0.1) is 12.1 Å². The summed E-state index contributed by atoms with van der Waals surface area (Å²) >= 11 is 0. The molecule has 4 heteroatoms. The van der Waals surface area contributed by atoms with Crippen molar-refractivity contribution in [3.8, 4) is 0 Å². The molecule has 0 aromatic rings. The lowest BCUT2D eigenvalue weighted by molar-refractivity contribution is -0.140. The molecule has 0 heterocycles. The Kier molecular flexibility index (Phi) is 4.74. The van der Waals surface area contributed by atoms with E-state index in [0.717, 1.165) is 0 Å². The van der Waals surface area contributed by atoms with E-state index in [4.69, 9.17) is 5.11 Å². The lowest BCUT2D eigenvalue weighted by Crippen LogP contribution is -2.46. The number of hydrogen-bond acceptors (Lipinski definition) is 3. The molecule has 0 aromatic heterocycles. The zero-order valence-electron chi connectivity index (χ0n) is 10.4. The summed E-state index contributed by atoms with van der Waals surface area (Å²) in [5, 5.41) is 18.4. The summed E-state index contributed by atoms with van der Waals surface area (Å²) in [5.74, 6) is -0.833. The normalized spacial score (nSPS) is 13.3. The van der Waals surface area contributed by atoms with Crippen LogP contribution in [0.2, 0.25) is 0 Å². The second-order valence-corrected chi connectivity index (χ2v) is 5.55. The number of carboxylic acids is 1. The molecule has 0 radical (unpaired) electrons. The highest BCUT2D eigenvalue weighted by atomic mass is 16.4. The van der Waals surface area contributed by atoms with E-state index in [2.05, 4.69) is 0 Å². The van der Waals surface area contributed by atoms with Crippen LogP contribution in [0.25, 0.3) is 0 Å². The lowest BCUT2D eigenvalue weighted by atomic mass is 10.0. The van der Waals surface area contributed by atoms with Gasteiger partial charge in [-0.25, -0.2) is 0 Å². The van der Waals surface area contributed by atoms with Crippen molar-refractivity contribution >= 4 is 5.97 Å². The van der Waals surface area contributed by atoms with Crippen molar-refractivity contribution in [2.45, 2.75) is 52.2 Å². The Hall–Kier alpha value is -0.610. The summed E-state index contributed by atoms with van der Waals surface area (Å²) in [6, 6.07) is 0. The second kappa shape index (κ2) is 4.94. The van der Waals surface area contributed by atoms with E-state index in [-0.39, 0.29) is 12.1 Å². The number of aliphatic hydroxyl groups is 1. The second-order valence-electron chi connectivity index (χ2n) is 5.55. The van der Waals surface area contributed by atoms with Crippen molar-refractivity contribution in [3.63, 3.8) is 0 Å². The van der Waals surface area contributed by atoms with Gasteiger partial charge in [0, 0.05) is 12.1 Å². The highest BCUT2D eigenvalue weighted by molar-refractivity contribution is 5.69. The molecule has 15 heavy (non-hydrogen) atoms. The molecule has 2 N–H and O–H groups in total. The zero-order chi connectivity index (χ0) is 12.3. The van der Waals surface area contributed by atoms with Crippen molar-refractivity contribution < 1.29 is 15.0 Å². The topological polar surface area (TPSA) is 60.8 Å². The standard InChI is InChI=1S/C11H23NO3/c1-10(2,3)12(8-9(13)14)7-6-11(4,5)15/h15H,6-8H2,1-5H3,(H,13,14). The van der Waals surface area contributed by atoms with E-state index in [1.54, 1.807) is 13.8 Å². The third-order valence-electron chi connectivity index (χ3n) is 2.27. The van der Waals surface area contributed by atoms with E-state index in [9.17, 15) is 9.90 Å². The van der Waals surface area contributed by atoms with Crippen LogP contribution in [0.15, 0.2) is 0 Å². The maximum Gasteiger partial charge on any atom is 0.317 e. The van der Waals surface area contributed by atoms with Gasteiger partial charge in [0.2, 0.25) is 0 Å². The Morgan fingerprint density at radius 1 is 1.20 bits per heavy atom. The molecule has 0 fully saturated rings. The summed E-state index contributed by atoms with van der Waals surface area (Å²) in [5.41, 5.74) is -0.939. The van der Waals surface area contributed by atoms with Gasteiger partial charge in [0.25, 0.3) is 0 Å². The number of carbonyl (C=O) groups is 1. The summed E-state index contributed by atoms with van der Waals surface area (Å²) in [6.07, 6.45) is 0.567. The first-order valence-corrected chi connectivity index (χ1v) is 5.21. The molecule has 0 aliphatic carbocycles. The van der Waals surface area contributed by atoms with E-state index < -0.39 is 11.6 Å². The quantitative estimate of drug-likeness (QED) is 0.729. The largest absolute Gasteiger partial charge is 0.480 e. The van der Waals surface area contributed by atoms with Gasteiger partial charge >= 0.3 is 5.97 Å². The molecule has 0 aliphatic rings. The molecular formula is C11H23NO3. The zero-order valence-corrected chi connectivity index (χ0v) is 10.4. The van der Waals surface area contributed by atoms with Crippen molar-refractivity contribution in [1.29, 1.82) is 0 Å². The summed E-state index contributed by atoms with van der Waals surface area (Å²) in [4.78, 5) is 12.5. The Morgan fingerprint density at radius 3 is 1.93 bits per heavy atom. The molecule has 0 amide bonds. The van der Waals surface area contributed by atoms with Crippen LogP contribution >= 0.6 is 0 Å². The predicted molar refractivity (Wildman–Crippen MR) is 59.9 cm³/mol. The predicted octanol–water partition coefficient (Wildman–Crippen LogP) is 1.33. The highest BCUT2D eigenvalue weighted by Crippen LogP contribution is 2.16. The van der Waals surface area contributed by atoms with Crippen LogP contribution in [0, 0.1) is 0 Å². The fourth-order valence-corrected chi connectivity index (χ4v) is 1.22. The van der Waals surface area contributed by atoms with Gasteiger partial charge in [-0.2, -0.15) is 0 Å². The van der Waals surface area contributed by atoms with Gasteiger partial charge in [0.15, 0.2) is 0 Å². The molecule has 0 saturated heterocycles. The molecule has 0 aromatic carbocycles. The third kappa shape index (κ3) is 7.33. The van der Waals surface area contributed by atoms with Crippen LogP contribution in [0.4, 0.5) is 0 Å². The van der Waals surface area contributed by atoms with Gasteiger partial charge in [0.1, 0.15) is 0 Å². The maximum absolute atomic E-state index is 10.7. The first kappa shape index (κ1) is 14.4. The molecule has 0 aliphatic heterocycles. The first-order chi connectivity index (χ1) is 6.52. The number of carboxylic acid groups (broad SMARTS) is 1. The SMILES string of the molecule is CC(C)(O)CCN(CC(=O)O)C(C)(C)C. The van der Waals surface area contributed by atoms with Crippen LogP contribution in [0.5, 0.6) is 0 Å². The molecule has 0 saturated carbocycles. The van der Waals surface area contributed by atoms with Gasteiger partial charge in [-0.1, -0.05) is 0 Å². The fourth-order valence-electron chi connectivity index (χ4n) is 1.22. The number of aliphatic carboxylic acids is 1. The Morgan fingerprint density at radius 2 is 1.67 bits per heavy atom. The van der Waals surface area contributed by atoms with Crippen molar-refractivity contribution in [2.24, 2.45) is 0 Å². The van der Waals surface area contributed by atoms with Crippen LogP contribution in [-0.4, -0.2) is 45.3 Å². The van der Waals surface area contributed by atoms with Crippen LogP contribution in [0.1, 0.15) is 41.0 Å². The van der Waals surface area contributed by atoms with E-state index in [0.29, 0.717) is 13.0 Å². The highest BCUT2D eigenvalue weighted by Gasteiger charge is 2.25. The van der Waals surface area contributed by atoms with E-state index in [1.165, 1.54) is 0 Å². The minimum atomic E-state index is -0.833. The number of hydrogen-bond donors (Lipinski definition) is 2. The van der Waals surface area contributed by atoms with Crippen molar-refractivity contribution in [3.05, 3.63) is 0 Å². The molecular weight excluding hydrogens is 194 g/mol. The molecule has 0 unspecified atom stereocenters. The van der Waals surface area contributed by atoms with E-state index >= 15 is 0 Å². The monoisotopic (exact) mass is 217 g/mol. The Labute approximate surface area is 91.9 Å². The third-order valence-corrected chi connectivity index (χ3v) is 2.27. The number of rotatable bonds is 5. The maximum atomic E-state index is 10.7. The van der Waals surface area contributed by atoms with Crippen molar-refractivity contribution in [1.82, 2.24) is 4.90 Å². The molecule has 0 spiro atoms. The van der Waals surface area contributed by atoms with Crippen LogP contribution in [-0.2, 0) is 4.79 Å². The van der Waals surface area contributed by atoms with Gasteiger partial charge in [-0.3, -0.25) is 9.69 Å². The number of nitrogens with zero attached hydrogens (tertiary/aromatic N) is 1. The summed E-state index contributed by atoms with van der Waals surface area (Å²) in [7, 11) is 0. The average molecular weight is 217 g/mol. The molecule has 0 bridgehead atoms. The Bertz CT molecular complexity index is 213. The molecule has 4 nitrogen and oxygen atoms in total. The molecule has 90 valence electrons. The summed E-state index contributed by atoms with van der Waals surface area (Å²) < 4.78 is 0. The van der Waals surface area contributed by atoms with Crippen LogP contribution in [0.3, 0.4) is 0 Å². The first-order valence-electron chi connectivity index (χ1n) is 5.21. The fraction of sp³-hybridized carbons (Fsp3) is 0.909. The average Bonchev–Trinajstić information content (AvgIpc) is 1.93. The molecule has 0 rings (SSSR count). The minimum absolute atomic E-state index is 0.0135. The van der Waals surface area contributed by atoms with Crippen molar-refractivity contribution in [2.75, 3.05) is 13.1 Å². The van der Waals surface area contributed by atoms with Gasteiger partial charge in [-0.05, 0) is 41.0 Å².